The maximum Gasteiger partial charge on any atom is 0.248 e. The van der Waals surface area contributed by atoms with Gasteiger partial charge in [0.15, 0.2) is 0 Å². The molecule has 0 bridgehead atoms. The van der Waals surface area contributed by atoms with Gasteiger partial charge in [0.25, 0.3) is 0 Å². The fraction of sp³-hybridized carbons (Fsp3) is 0.632. The second-order valence-electron chi connectivity index (χ2n) is 14.0. The number of hydrogen-bond donors (Lipinski definition) is 3. The summed E-state index contributed by atoms with van der Waals surface area (Å²) in [4.78, 5) is 77.6. The lowest BCUT2D eigenvalue weighted by Crippen LogP contribution is -2.62. The number of piperidine rings is 2. The van der Waals surface area contributed by atoms with Crippen molar-refractivity contribution in [1.82, 2.24) is 25.8 Å². The van der Waals surface area contributed by atoms with Crippen LogP contribution in [0.1, 0.15) is 116 Å². The predicted octanol–water partition coefficient (Wildman–Crippen LogP) is 4.72. The number of nitrogens with zero attached hydrogens (tertiary/aromatic N) is 3. The molecule has 1 aromatic carbocycles. The molecule has 1 aromatic heterocycles. The van der Waals surface area contributed by atoms with Crippen LogP contribution in [0.5, 0.6) is 0 Å². The minimum atomic E-state index is -1.15. The van der Waals surface area contributed by atoms with Gasteiger partial charge in [-0.3, -0.25) is 29.0 Å². The van der Waals surface area contributed by atoms with Crippen molar-refractivity contribution in [2.24, 2.45) is 5.92 Å². The summed E-state index contributed by atoms with van der Waals surface area (Å²) in [5, 5.41) is 10.00. The van der Waals surface area contributed by atoms with E-state index in [9.17, 15) is 24.0 Å². The molecule has 2 aromatic rings. The van der Waals surface area contributed by atoms with E-state index in [1.807, 2.05) is 45.0 Å². The Morgan fingerprint density at radius 1 is 0.878 bits per heavy atom. The minimum Gasteiger partial charge on any atom is -0.371 e. The normalized spacial score (nSPS) is 24.6. The summed E-state index contributed by atoms with van der Waals surface area (Å²) in [5.74, 6) is -1.53. The van der Waals surface area contributed by atoms with Crippen LogP contribution in [-0.2, 0) is 24.0 Å². The fourth-order valence-electron chi connectivity index (χ4n) is 7.48. The van der Waals surface area contributed by atoms with Crippen molar-refractivity contribution < 1.29 is 24.0 Å². The Labute approximate surface area is 290 Å². The van der Waals surface area contributed by atoms with E-state index in [1.165, 1.54) is 0 Å². The van der Waals surface area contributed by atoms with Crippen LogP contribution in [0.25, 0.3) is 10.9 Å². The third-order valence-corrected chi connectivity index (χ3v) is 10.6. The summed E-state index contributed by atoms with van der Waals surface area (Å²) in [6.07, 6.45) is 10.9. The van der Waals surface area contributed by atoms with E-state index < -0.39 is 36.0 Å². The number of amides is 4. The van der Waals surface area contributed by atoms with Crippen molar-refractivity contribution in [3.05, 3.63) is 36.0 Å². The number of rotatable bonds is 11. The molecule has 0 radical (unpaired) electrons. The molecular formula is C38H54N6O5. The van der Waals surface area contributed by atoms with E-state index in [0.29, 0.717) is 57.1 Å². The molecule has 11 nitrogen and oxygen atoms in total. The number of carbonyl (C=O) groups is 5. The van der Waals surface area contributed by atoms with Crippen molar-refractivity contribution in [1.29, 1.82) is 0 Å². The number of unbranched alkanes of at least 4 members (excludes halogenated alkanes) is 2. The van der Waals surface area contributed by atoms with E-state index in [2.05, 4.69) is 20.9 Å². The van der Waals surface area contributed by atoms with Crippen molar-refractivity contribution in [2.75, 3.05) is 24.5 Å². The Kier molecular flexibility index (Phi) is 12.6. The van der Waals surface area contributed by atoms with Gasteiger partial charge in [-0.15, -0.1) is 0 Å². The Morgan fingerprint density at radius 2 is 1.63 bits per heavy atom. The molecule has 11 heteroatoms. The fourth-order valence-corrected chi connectivity index (χ4v) is 7.48. The quantitative estimate of drug-likeness (QED) is 0.293. The van der Waals surface area contributed by atoms with E-state index in [-0.39, 0.29) is 23.5 Å². The lowest BCUT2D eigenvalue weighted by molar-refractivity contribution is -0.147. The number of fused-ring (bicyclic) bond motifs is 2. The average Bonchev–Trinajstić information content (AvgIpc) is 3.13. The summed E-state index contributed by atoms with van der Waals surface area (Å²) in [6.45, 7) is 7.80. The topological polar surface area (TPSA) is 141 Å². The molecule has 5 atom stereocenters. The first-order valence-corrected chi connectivity index (χ1v) is 18.6. The molecule has 3 fully saturated rings. The number of anilines is 1. The molecule has 0 aliphatic carbocycles. The van der Waals surface area contributed by atoms with Crippen LogP contribution in [0, 0.1) is 5.92 Å². The first-order chi connectivity index (χ1) is 23.7. The zero-order chi connectivity index (χ0) is 34.9. The SMILES string of the molecule is CCC(=O)CCCCC[C@@H]1NC(=O)[C@H]2CCCCN2C(=O)[C@H]([C@H](C)CC)NC(=O)[C@@H](c2cnc3ccccc3c2N2CCCCC2)NC1=O. The first kappa shape index (κ1) is 36.3. The lowest BCUT2D eigenvalue weighted by atomic mass is 9.92. The number of pyridine rings is 1. The summed E-state index contributed by atoms with van der Waals surface area (Å²) in [5.41, 5.74) is 2.22. The number of benzene rings is 1. The van der Waals surface area contributed by atoms with Gasteiger partial charge in [-0.1, -0.05) is 58.2 Å². The molecule has 3 saturated heterocycles. The van der Waals surface area contributed by atoms with Crippen molar-refractivity contribution >= 4 is 46.0 Å². The van der Waals surface area contributed by atoms with Gasteiger partial charge >= 0.3 is 0 Å². The maximum atomic E-state index is 14.6. The highest BCUT2D eigenvalue weighted by Crippen LogP contribution is 2.36. The average molecular weight is 675 g/mol. The Balaban J connectivity index is 1.56. The molecule has 5 rings (SSSR count). The molecule has 0 saturated carbocycles. The maximum absolute atomic E-state index is 14.6. The second-order valence-corrected chi connectivity index (χ2v) is 14.0. The highest BCUT2D eigenvalue weighted by molar-refractivity contribution is 6.01. The molecule has 0 unspecified atom stereocenters. The number of carbonyl (C=O) groups excluding carboxylic acids is 5. The number of nitrogens with one attached hydrogen (secondary N) is 3. The van der Waals surface area contributed by atoms with Gasteiger partial charge in [0.1, 0.15) is 30.0 Å². The van der Waals surface area contributed by atoms with Crippen LogP contribution < -0.4 is 20.9 Å². The smallest absolute Gasteiger partial charge is 0.248 e. The number of ketones is 1. The summed E-state index contributed by atoms with van der Waals surface area (Å²) in [6, 6.07) is 4.18. The van der Waals surface area contributed by atoms with Gasteiger partial charge in [-0.2, -0.15) is 0 Å². The van der Waals surface area contributed by atoms with Crippen LogP contribution in [0.2, 0.25) is 0 Å². The van der Waals surface area contributed by atoms with E-state index in [1.54, 1.807) is 11.1 Å². The lowest BCUT2D eigenvalue weighted by Gasteiger charge is -2.40. The molecule has 3 aliphatic heterocycles. The molecular weight excluding hydrogens is 620 g/mol. The van der Waals surface area contributed by atoms with Crippen LogP contribution >= 0.6 is 0 Å². The van der Waals surface area contributed by atoms with E-state index in [0.717, 1.165) is 68.2 Å². The second kappa shape index (κ2) is 17.1. The monoisotopic (exact) mass is 674 g/mol. The summed E-state index contributed by atoms with van der Waals surface area (Å²) in [7, 11) is 0. The van der Waals surface area contributed by atoms with Crippen LogP contribution in [0.3, 0.4) is 0 Å². The zero-order valence-corrected chi connectivity index (χ0v) is 29.5. The Bertz CT molecular complexity index is 1510. The summed E-state index contributed by atoms with van der Waals surface area (Å²) < 4.78 is 0. The van der Waals surface area contributed by atoms with Gasteiger partial charge in [-0.05, 0) is 63.4 Å². The van der Waals surface area contributed by atoms with E-state index >= 15 is 0 Å². The van der Waals surface area contributed by atoms with Gasteiger partial charge in [0.2, 0.25) is 23.6 Å². The number of Topliss-reactive ketones (excluding diaryl/α,β-unsaturated/α-hetero) is 1. The largest absolute Gasteiger partial charge is 0.371 e. The molecule has 3 N–H and O–H groups in total. The molecule has 266 valence electrons. The summed E-state index contributed by atoms with van der Waals surface area (Å²) >= 11 is 0. The highest BCUT2D eigenvalue weighted by atomic mass is 16.2. The van der Waals surface area contributed by atoms with Crippen molar-refractivity contribution in [2.45, 2.75) is 128 Å². The van der Waals surface area contributed by atoms with Gasteiger partial charge in [-0.25, -0.2) is 0 Å². The predicted molar refractivity (Wildman–Crippen MR) is 190 cm³/mol. The van der Waals surface area contributed by atoms with Crippen LogP contribution in [0.15, 0.2) is 30.5 Å². The zero-order valence-electron chi connectivity index (χ0n) is 29.5. The Morgan fingerprint density at radius 3 is 2.39 bits per heavy atom. The third-order valence-electron chi connectivity index (χ3n) is 10.6. The van der Waals surface area contributed by atoms with E-state index in [4.69, 9.17) is 4.98 Å². The molecule has 0 spiro atoms. The van der Waals surface area contributed by atoms with Gasteiger partial charge in [0, 0.05) is 49.6 Å². The van der Waals surface area contributed by atoms with Gasteiger partial charge < -0.3 is 25.8 Å². The molecule has 4 heterocycles. The van der Waals surface area contributed by atoms with Crippen molar-refractivity contribution in [3.63, 3.8) is 0 Å². The number of hydrogen-bond acceptors (Lipinski definition) is 7. The number of aromatic nitrogens is 1. The molecule has 4 amide bonds. The molecule has 3 aliphatic rings. The third kappa shape index (κ3) is 8.59. The minimum absolute atomic E-state index is 0.204. The standard InChI is InChI=1S/C38H54N6O5/c1-4-25(3)32-38(49)44-23-15-12-20-31(44)36(47)40-30(19-9-6-8-16-26(45)5-2)35(46)42-33(37(48)41-32)28-24-39-29-18-11-10-17-27(29)34(28)43-21-13-7-14-22-43/h10-11,17-18,24-25,30-33H,4-9,12-16,19-23H2,1-3H3,(H,40,47)(H,41,48)(H,42,46)/t25-,30+,31-,32+,33-/m1/s1. The Hall–Kier alpha value is -4.02. The van der Waals surface area contributed by atoms with Crippen LogP contribution in [0.4, 0.5) is 5.69 Å². The first-order valence-electron chi connectivity index (χ1n) is 18.6. The van der Waals surface area contributed by atoms with Gasteiger partial charge in [0.05, 0.1) is 11.2 Å². The van der Waals surface area contributed by atoms with Crippen molar-refractivity contribution in [3.8, 4) is 0 Å². The number of para-hydroxylation sites is 1. The molecule has 49 heavy (non-hydrogen) atoms. The van der Waals surface area contributed by atoms with Crippen LogP contribution in [-0.4, -0.2) is 77.1 Å². The highest BCUT2D eigenvalue weighted by Gasteiger charge is 2.41.